The van der Waals surface area contributed by atoms with Crippen LogP contribution < -0.4 is 16.6 Å². The maximum atomic E-state index is 12.5. The number of carbonyl (C=O) groups excluding carboxylic acids is 1. The van der Waals surface area contributed by atoms with Crippen molar-refractivity contribution in [2.45, 2.75) is 13.1 Å². The second kappa shape index (κ2) is 7.31. The van der Waals surface area contributed by atoms with E-state index in [4.69, 9.17) is 0 Å². The number of rotatable bonds is 5. The Bertz CT molecular complexity index is 1240. The van der Waals surface area contributed by atoms with Gasteiger partial charge in [0.25, 0.3) is 5.56 Å². The summed E-state index contributed by atoms with van der Waals surface area (Å²) in [5, 5.41) is 7.08. The van der Waals surface area contributed by atoms with Crippen LogP contribution in [0.2, 0.25) is 0 Å². The summed E-state index contributed by atoms with van der Waals surface area (Å²) in [5.74, 6) is -0.466. The average molecular weight is 376 g/mol. The Morgan fingerprint density at radius 3 is 2.61 bits per heavy atom. The van der Waals surface area contributed by atoms with E-state index in [-0.39, 0.29) is 6.54 Å². The van der Waals surface area contributed by atoms with Crippen LogP contribution >= 0.6 is 0 Å². The molecule has 28 heavy (non-hydrogen) atoms. The molecule has 0 bridgehead atoms. The fraction of sp³-hybridized carbons (Fsp3) is 0.105. The average Bonchev–Trinajstić information content (AvgIpc) is 3.20. The quantitative estimate of drug-likeness (QED) is 0.539. The number of nitrogens with zero attached hydrogens (tertiary/aromatic N) is 4. The first-order chi connectivity index (χ1) is 13.6. The minimum atomic E-state index is -0.623. The summed E-state index contributed by atoms with van der Waals surface area (Å²) >= 11 is 0. The highest BCUT2D eigenvalue weighted by Crippen LogP contribution is 2.10. The maximum absolute atomic E-state index is 12.5. The second-order valence-electron chi connectivity index (χ2n) is 6.21. The van der Waals surface area contributed by atoms with Crippen LogP contribution in [0.4, 0.5) is 5.69 Å². The van der Waals surface area contributed by atoms with E-state index in [9.17, 15) is 14.4 Å². The summed E-state index contributed by atoms with van der Waals surface area (Å²) in [6.07, 6.45) is 3.08. The van der Waals surface area contributed by atoms with Gasteiger partial charge >= 0.3 is 5.69 Å². The zero-order chi connectivity index (χ0) is 19.5. The van der Waals surface area contributed by atoms with Crippen molar-refractivity contribution in [1.29, 1.82) is 0 Å². The molecule has 0 unspecified atom stereocenters. The molecule has 0 saturated heterocycles. The maximum Gasteiger partial charge on any atom is 0.329 e. The van der Waals surface area contributed by atoms with E-state index in [1.54, 1.807) is 47.4 Å². The summed E-state index contributed by atoms with van der Waals surface area (Å²) < 4.78 is 2.57. The van der Waals surface area contributed by atoms with Gasteiger partial charge in [0.1, 0.15) is 19.2 Å². The summed E-state index contributed by atoms with van der Waals surface area (Å²) in [6.45, 7) is 0.190. The third kappa shape index (κ3) is 3.58. The lowest BCUT2D eigenvalue weighted by atomic mass is 10.2. The molecule has 2 heterocycles. The topological polar surface area (TPSA) is 115 Å². The lowest BCUT2D eigenvalue weighted by Gasteiger charge is -2.08. The second-order valence-corrected chi connectivity index (χ2v) is 6.21. The van der Waals surface area contributed by atoms with Crippen LogP contribution in [0.5, 0.6) is 0 Å². The minimum Gasteiger partial charge on any atom is -0.325 e. The van der Waals surface area contributed by atoms with Gasteiger partial charge in [-0.1, -0.05) is 24.3 Å². The zero-order valence-corrected chi connectivity index (χ0v) is 14.7. The molecule has 4 rings (SSSR count). The van der Waals surface area contributed by atoms with Crippen molar-refractivity contribution >= 4 is 22.5 Å². The number of anilines is 1. The Morgan fingerprint density at radius 2 is 1.86 bits per heavy atom. The van der Waals surface area contributed by atoms with Gasteiger partial charge in [0.2, 0.25) is 5.91 Å². The number of aromatic nitrogens is 5. The van der Waals surface area contributed by atoms with Gasteiger partial charge in [-0.25, -0.2) is 14.5 Å². The molecular weight excluding hydrogens is 360 g/mol. The van der Waals surface area contributed by atoms with Gasteiger partial charge in [0.05, 0.1) is 17.4 Å². The predicted octanol–water partition coefficient (Wildman–Crippen LogP) is 0.968. The molecule has 0 radical (unpaired) electrons. The molecule has 140 valence electrons. The highest BCUT2D eigenvalue weighted by atomic mass is 16.2. The van der Waals surface area contributed by atoms with E-state index in [1.807, 2.05) is 12.1 Å². The molecular formula is C19H16N6O3. The van der Waals surface area contributed by atoms with E-state index < -0.39 is 17.2 Å². The van der Waals surface area contributed by atoms with Crippen LogP contribution in [-0.4, -0.2) is 30.2 Å². The van der Waals surface area contributed by atoms with E-state index in [1.165, 1.54) is 6.33 Å². The van der Waals surface area contributed by atoms with Gasteiger partial charge in [0.15, 0.2) is 0 Å². The lowest BCUT2D eigenvalue weighted by molar-refractivity contribution is -0.116. The number of benzene rings is 2. The van der Waals surface area contributed by atoms with Gasteiger partial charge in [-0.3, -0.25) is 14.2 Å². The number of hydrogen-bond acceptors (Lipinski definition) is 5. The molecule has 0 atom stereocenters. The summed E-state index contributed by atoms with van der Waals surface area (Å²) in [7, 11) is 0. The fourth-order valence-corrected chi connectivity index (χ4v) is 2.88. The van der Waals surface area contributed by atoms with Crippen LogP contribution in [-0.2, 0) is 17.9 Å². The Morgan fingerprint density at radius 1 is 1.07 bits per heavy atom. The lowest BCUT2D eigenvalue weighted by Crippen LogP contribution is -2.38. The number of amides is 1. The number of fused-ring (bicyclic) bond motifs is 1. The third-order valence-electron chi connectivity index (χ3n) is 4.24. The number of H-pyrrole nitrogens is 1. The Balaban J connectivity index is 1.48. The van der Waals surface area contributed by atoms with Crippen molar-refractivity contribution in [3.8, 4) is 0 Å². The van der Waals surface area contributed by atoms with Gasteiger partial charge in [-0.2, -0.15) is 5.10 Å². The summed E-state index contributed by atoms with van der Waals surface area (Å²) in [6, 6.07) is 13.9. The first kappa shape index (κ1) is 17.4. The van der Waals surface area contributed by atoms with Crippen molar-refractivity contribution in [1.82, 2.24) is 24.3 Å². The van der Waals surface area contributed by atoms with E-state index in [2.05, 4.69) is 20.4 Å². The van der Waals surface area contributed by atoms with Crippen molar-refractivity contribution in [3.05, 3.63) is 87.6 Å². The minimum absolute atomic E-state index is 0.354. The molecule has 0 saturated carbocycles. The van der Waals surface area contributed by atoms with Crippen LogP contribution in [0.15, 0.2) is 70.8 Å². The Hall–Kier alpha value is -4.01. The third-order valence-corrected chi connectivity index (χ3v) is 4.24. The highest BCUT2D eigenvalue weighted by Gasteiger charge is 2.11. The zero-order valence-electron chi connectivity index (χ0n) is 14.7. The van der Waals surface area contributed by atoms with Crippen molar-refractivity contribution in [2.75, 3.05) is 5.32 Å². The van der Waals surface area contributed by atoms with E-state index >= 15 is 0 Å². The Labute approximate surface area is 158 Å². The molecule has 9 heteroatoms. The standard InChI is InChI=1S/C19H16N6O3/c26-17(10-25-18(27)15-3-1-2-4-16(15)23-19(25)28)22-14-7-5-13(6-8-14)9-24-12-20-11-21-24/h1-8,11-12H,9-10H2,(H,22,26)(H,23,28). The number of para-hydroxylation sites is 1. The van der Waals surface area contributed by atoms with Crippen LogP contribution in [0.3, 0.4) is 0 Å². The predicted molar refractivity (Wildman–Crippen MR) is 103 cm³/mol. The first-order valence-electron chi connectivity index (χ1n) is 8.53. The van der Waals surface area contributed by atoms with Crippen LogP contribution in [0.1, 0.15) is 5.56 Å². The largest absolute Gasteiger partial charge is 0.329 e. The number of carbonyl (C=O) groups is 1. The monoisotopic (exact) mass is 376 g/mol. The van der Waals surface area contributed by atoms with Crippen molar-refractivity contribution < 1.29 is 4.79 Å². The number of hydrogen-bond donors (Lipinski definition) is 2. The van der Waals surface area contributed by atoms with Gasteiger partial charge in [0, 0.05) is 5.69 Å². The van der Waals surface area contributed by atoms with Gasteiger partial charge in [-0.15, -0.1) is 0 Å². The molecule has 2 aromatic carbocycles. The normalized spacial score (nSPS) is 10.9. The SMILES string of the molecule is O=C(Cn1c(=O)[nH]c2ccccc2c1=O)Nc1ccc(Cn2cncn2)cc1. The molecule has 1 amide bonds. The number of aromatic amines is 1. The number of nitrogens with one attached hydrogen (secondary N) is 2. The van der Waals surface area contributed by atoms with Gasteiger partial charge < -0.3 is 10.3 Å². The van der Waals surface area contributed by atoms with Gasteiger partial charge in [-0.05, 0) is 29.8 Å². The molecule has 4 aromatic rings. The summed E-state index contributed by atoms with van der Waals surface area (Å²) in [4.78, 5) is 43.5. The van der Waals surface area contributed by atoms with E-state index in [0.29, 0.717) is 23.1 Å². The van der Waals surface area contributed by atoms with Crippen LogP contribution in [0, 0.1) is 0 Å². The molecule has 2 N–H and O–H groups in total. The molecule has 0 aliphatic carbocycles. The highest BCUT2D eigenvalue weighted by molar-refractivity contribution is 5.90. The fourth-order valence-electron chi connectivity index (χ4n) is 2.88. The summed E-state index contributed by atoms with van der Waals surface area (Å²) in [5.41, 5.74) is 0.875. The van der Waals surface area contributed by atoms with Crippen LogP contribution in [0.25, 0.3) is 10.9 Å². The molecule has 0 fully saturated rings. The molecule has 2 aromatic heterocycles. The molecule has 0 aliphatic rings. The van der Waals surface area contributed by atoms with E-state index in [0.717, 1.165) is 10.1 Å². The van der Waals surface area contributed by atoms with Crippen molar-refractivity contribution in [2.24, 2.45) is 0 Å². The molecule has 0 spiro atoms. The van der Waals surface area contributed by atoms with Crippen molar-refractivity contribution in [3.63, 3.8) is 0 Å². The first-order valence-corrected chi connectivity index (χ1v) is 8.53. The smallest absolute Gasteiger partial charge is 0.325 e. The molecule has 0 aliphatic heterocycles. The Kier molecular flexibility index (Phi) is 4.55. The molecule has 9 nitrogen and oxygen atoms in total.